The van der Waals surface area contributed by atoms with Crippen molar-refractivity contribution in [1.82, 2.24) is 9.97 Å². The van der Waals surface area contributed by atoms with Crippen LogP contribution in [0.25, 0.3) is 0 Å². The number of Topliss-reactive ketones (excluding diaryl/α,β-unsaturated/α-hetero) is 1. The van der Waals surface area contributed by atoms with Crippen LogP contribution in [0.1, 0.15) is 30.0 Å². The minimum absolute atomic E-state index is 0.0260. The van der Waals surface area contributed by atoms with Crippen molar-refractivity contribution in [2.75, 3.05) is 0 Å². The number of imidazole rings is 1. The first-order valence-electron chi connectivity index (χ1n) is 3.29. The predicted molar refractivity (Wildman–Crippen MR) is 38.0 cm³/mol. The summed E-state index contributed by atoms with van der Waals surface area (Å²) in [4.78, 5) is 17.6. The van der Waals surface area contributed by atoms with E-state index in [2.05, 4.69) is 9.97 Å². The molecule has 0 atom stereocenters. The monoisotopic (exact) mass is 138 g/mol. The van der Waals surface area contributed by atoms with Crippen LogP contribution in [-0.2, 0) is 6.42 Å². The van der Waals surface area contributed by atoms with Crippen molar-refractivity contribution < 1.29 is 4.79 Å². The Morgan fingerprint density at radius 1 is 1.80 bits per heavy atom. The fraction of sp³-hybridized carbons (Fsp3) is 0.429. The van der Waals surface area contributed by atoms with E-state index in [-0.39, 0.29) is 5.78 Å². The number of ketones is 1. The highest BCUT2D eigenvalue weighted by Gasteiger charge is 2.06. The highest BCUT2D eigenvalue weighted by Crippen LogP contribution is 2.03. The first-order chi connectivity index (χ1) is 4.75. The molecule has 1 N–H and O–H groups in total. The van der Waals surface area contributed by atoms with Gasteiger partial charge in [0.2, 0.25) is 0 Å². The van der Waals surface area contributed by atoms with E-state index in [0.717, 1.165) is 12.1 Å². The highest BCUT2D eigenvalue weighted by molar-refractivity contribution is 5.93. The molecular formula is C7H10N2O. The second-order valence-electron chi connectivity index (χ2n) is 2.14. The van der Waals surface area contributed by atoms with Gasteiger partial charge in [0.15, 0.2) is 5.78 Å². The van der Waals surface area contributed by atoms with E-state index in [4.69, 9.17) is 0 Å². The van der Waals surface area contributed by atoms with Crippen LogP contribution in [0.5, 0.6) is 0 Å². The summed E-state index contributed by atoms with van der Waals surface area (Å²) in [7, 11) is 0. The lowest BCUT2D eigenvalue weighted by molar-refractivity contribution is 0.101. The number of rotatable bonds is 2. The molecule has 0 aliphatic rings. The van der Waals surface area contributed by atoms with Crippen LogP contribution in [0.15, 0.2) is 6.33 Å². The van der Waals surface area contributed by atoms with Gasteiger partial charge in [0, 0.05) is 12.6 Å². The third kappa shape index (κ3) is 1.07. The van der Waals surface area contributed by atoms with Crippen molar-refractivity contribution in [3.8, 4) is 0 Å². The Kier molecular flexibility index (Phi) is 1.85. The van der Waals surface area contributed by atoms with Crippen LogP contribution in [0.2, 0.25) is 0 Å². The smallest absolute Gasteiger partial charge is 0.179 e. The first kappa shape index (κ1) is 6.99. The lowest BCUT2D eigenvalue weighted by Gasteiger charge is -1.91. The SMILES string of the molecule is CCc1[nH]cnc1C(C)=O. The number of nitrogens with zero attached hydrogens (tertiary/aromatic N) is 1. The summed E-state index contributed by atoms with van der Waals surface area (Å²) in [6, 6.07) is 0. The zero-order chi connectivity index (χ0) is 7.56. The topological polar surface area (TPSA) is 45.8 Å². The van der Waals surface area contributed by atoms with Crippen LogP contribution >= 0.6 is 0 Å². The molecule has 0 bridgehead atoms. The summed E-state index contributed by atoms with van der Waals surface area (Å²) in [5.74, 6) is 0.0260. The molecule has 0 spiro atoms. The van der Waals surface area contributed by atoms with Gasteiger partial charge in [-0.3, -0.25) is 4.79 Å². The molecule has 0 radical (unpaired) electrons. The minimum Gasteiger partial charge on any atom is -0.348 e. The molecule has 0 aromatic carbocycles. The quantitative estimate of drug-likeness (QED) is 0.623. The number of carbonyl (C=O) groups is 1. The molecule has 0 aliphatic heterocycles. The van der Waals surface area contributed by atoms with Crippen LogP contribution in [0, 0.1) is 0 Å². The average molecular weight is 138 g/mol. The Bertz CT molecular complexity index is 240. The molecule has 3 heteroatoms. The molecule has 0 amide bonds. The molecule has 0 fully saturated rings. The van der Waals surface area contributed by atoms with Crippen molar-refractivity contribution in [3.05, 3.63) is 17.7 Å². The zero-order valence-electron chi connectivity index (χ0n) is 6.14. The molecule has 0 saturated carbocycles. The molecule has 1 heterocycles. The van der Waals surface area contributed by atoms with E-state index in [1.807, 2.05) is 6.92 Å². The Balaban J connectivity index is 3.01. The summed E-state index contributed by atoms with van der Waals surface area (Å²) in [5, 5.41) is 0. The number of hydrogen-bond acceptors (Lipinski definition) is 2. The second kappa shape index (κ2) is 2.64. The molecule has 54 valence electrons. The van der Waals surface area contributed by atoms with Crippen molar-refractivity contribution in [1.29, 1.82) is 0 Å². The van der Waals surface area contributed by atoms with Gasteiger partial charge in [-0.15, -0.1) is 0 Å². The van der Waals surface area contributed by atoms with Crippen molar-refractivity contribution in [2.24, 2.45) is 0 Å². The maximum Gasteiger partial charge on any atom is 0.179 e. The maximum absolute atomic E-state index is 10.8. The van der Waals surface area contributed by atoms with E-state index in [1.54, 1.807) is 6.33 Å². The Labute approximate surface area is 59.5 Å². The Hall–Kier alpha value is -1.12. The van der Waals surface area contributed by atoms with Crippen LogP contribution < -0.4 is 0 Å². The normalized spacial score (nSPS) is 9.80. The van der Waals surface area contributed by atoms with Gasteiger partial charge in [-0.2, -0.15) is 0 Å². The number of aromatic amines is 1. The van der Waals surface area contributed by atoms with E-state index < -0.39 is 0 Å². The summed E-state index contributed by atoms with van der Waals surface area (Å²) >= 11 is 0. The van der Waals surface area contributed by atoms with Gasteiger partial charge in [-0.25, -0.2) is 4.98 Å². The molecule has 10 heavy (non-hydrogen) atoms. The fourth-order valence-electron chi connectivity index (χ4n) is 0.894. The molecular weight excluding hydrogens is 128 g/mol. The summed E-state index contributed by atoms with van der Waals surface area (Å²) in [5.41, 5.74) is 1.50. The number of hydrogen-bond donors (Lipinski definition) is 1. The highest BCUT2D eigenvalue weighted by atomic mass is 16.1. The Morgan fingerprint density at radius 3 is 2.90 bits per heavy atom. The van der Waals surface area contributed by atoms with Crippen molar-refractivity contribution >= 4 is 5.78 Å². The van der Waals surface area contributed by atoms with Gasteiger partial charge in [-0.1, -0.05) is 6.92 Å². The first-order valence-corrected chi connectivity index (χ1v) is 3.29. The standard InChI is InChI=1S/C7H10N2O/c1-3-6-7(5(2)10)9-4-8-6/h4H,3H2,1-2H3,(H,8,9). The van der Waals surface area contributed by atoms with E-state index in [9.17, 15) is 4.79 Å². The number of aromatic nitrogens is 2. The maximum atomic E-state index is 10.8. The number of nitrogens with one attached hydrogen (secondary N) is 1. The summed E-state index contributed by atoms with van der Waals surface area (Å²) in [6.07, 6.45) is 2.38. The summed E-state index contributed by atoms with van der Waals surface area (Å²) < 4.78 is 0. The second-order valence-corrected chi connectivity index (χ2v) is 2.14. The third-order valence-electron chi connectivity index (χ3n) is 1.41. The molecule has 0 aliphatic carbocycles. The zero-order valence-corrected chi connectivity index (χ0v) is 6.14. The fourth-order valence-corrected chi connectivity index (χ4v) is 0.894. The predicted octanol–water partition coefficient (Wildman–Crippen LogP) is 1.17. The van der Waals surface area contributed by atoms with Crippen LogP contribution in [-0.4, -0.2) is 15.8 Å². The van der Waals surface area contributed by atoms with Gasteiger partial charge in [0.05, 0.1) is 6.33 Å². The van der Waals surface area contributed by atoms with Crippen LogP contribution in [0.3, 0.4) is 0 Å². The number of aryl methyl sites for hydroxylation is 1. The van der Waals surface area contributed by atoms with Crippen LogP contribution in [0.4, 0.5) is 0 Å². The van der Waals surface area contributed by atoms with Crippen molar-refractivity contribution in [3.63, 3.8) is 0 Å². The lowest BCUT2D eigenvalue weighted by atomic mass is 10.2. The van der Waals surface area contributed by atoms with E-state index >= 15 is 0 Å². The van der Waals surface area contributed by atoms with Gasteiger partial charge >= 0.3 is 0 Å². The van der Waals surface area contributed by atoms with E-state index in [0.29, 0.717) is 5.69 Å². The van der Waals surface area contributed by atoms with Gasteiger partial charge in [0.1, 0.15) is 5.69 Å². The minimum atomic E-state index is 0.0260. The van der Waals surface area contributed by atoms with Gasteiger partial charge < -0.3 is 4.98 Å². The van der Waals surface area contributed by atoms with Gasteiger partial charge in [0.25, 0.3) is 0 Å². The average Bonchev–Trinajstić information content (AvgIpc) is 2.33. The molecule has 0 unspecified atom stereocenters. The molecule has 1 aromatic rings. The molecule has 0 saturated heterocycles. The van der Waals surface area contributed by atoms with Gasteiger partial charge in [-0.05, 0) is 6.42 Å². The number of carbonyl (C=O) groups excluding carboxylic acids is 1. The number of H-pyrrole nitrogens is 1. The lowest BCUT2D eigenvalue weighted by Crippen LogP contribution is -1.97. The molecule has 1 aromatic heterocycles. The van der Waals surface area contributed by atoms with E-state index in [1.165, 1.54) is 6.92 Å². The molecule has 1 rings (SSSR count). The molecule has 3 nitrogen and oxygen atoms in total. The third-order valence-corrected chi connectivity index (χ3v) is 1.41. The Morgan fingerprint density at radius 2 is 2.50 bits per heavy atom. The van der Waals surface area contributed by atoms with Crippen molar-refractivity contribution in [2.45, 2.75) is 20.3 Å². The summed E-state index contributed by atoms with van der Waals surface area (Å²) in [6.45, 7) is 3.51. The largest absolute Gasteiger partial charge is 0.348 e.